The molecule has 2 aliphatic heterocycles. The fourth-order valence-corrected chi connectivity index (χ4v) is 4.42. The second-order valence-corrected chi connectivity index (χ2v) is 7.41. The highest BCUT2D eigenvalue weighted by Gasteiger charge is 2.40. The van der Waals surface area contributed by atoms with E-state index in [2.05, 4.69) is 22.1 Å². The molecular weight excluding hydrogens is 330 g/mol. The smallest absolute Gasteiger partial charge is 0.253 e. The molecule has 3 heterocycles. The number of hydrogen-bond acceptors (Lipinski definition) is 4. The fraction of sp³-hybridized carbons (Fsp3) is 0.579. The van der Waals surface area contributed by atoms with Gasteiger partial charge in [0.1, 0.15) is 5.52 Å². The van der Waals surface area contributed by atoms with Crippen LogP contribution in [0.4, 0.5) is 0 Å². The van der Waals surface area contributed by atoms with Crippen LogP contribution >= 0.6 is 0 Å². The van der Waals surface area contributed by atoms with Crippen molar-refractivity contribution in [1.29, 1.82) is 0 Å². The molecule has 7 nitrogen and oxygen atoms in total. The van der Waals surface area contributed by atoms with Crippen molar-refractivity contribution in [2.75, 3.05) is 19.6 Å². The zero-order chi connectivity index (χ0) is 18.3. The summed E-state index contributed by atoms with van der Waals surface area (Å²) >= 11 is 0. The van der Waals surface area contributed by atoms with E-state index in [0.29, 0.717) is 30.5 Å². The van der Waals surface area contributed by atoms with Crippen molar-refractivity contribution in [2.45, 2.75) is 38.6 Å². The van der Waals surface area contributed by atoms with Gasteiger partial charge in [-0.2, -0.15) is 0 Å². The van der Waals surface area contributed by atoms with E-state index in [9.17, 15) is 9.59 Å². The molecule has 2 aromatic rings. The number of aromatic nitrogens is 3. The molecule has 0 bridgehead atoms. The topological polar surface area (TPSA) is 71.3 Å². The van der Waals surface area contributed by atoms with Gasteiger partial charge in [0, 0.05) is 44.7 Å². The van der Waals surface area contributed by atoms with E-state index < -0.39 is 0 Å². The number of carbonyl (C=O) groups excluding carboxylic acids is 2. The van der Waals surface area contributed by atoms with Crippen LogP contribution in [0.25, 0.3) is 11.0 Å². The number of likely N-dealkylation sites (tertiary alicyclic amines) is 2. The number of hydrogen-bond donors (Lipinski definition) is 0. The molecule has 2 amide bonds. The Morgan fingerprint density at radius 1 is 1.31 bits per heavy atom. The first-order chi connectivity index (χ1) is 12.6. The summed E-state index contributed by atoms with van der Waals surface area (Å²) in [4.78, 5) is 29.2. The van der Waals surface area contributed by atoms with Gasteiger partial charge in [-0.25, -0.2) is 4.68 Å². The second kappa shape index (κ2) is 6.70. The molecule has 4 rings (SSSR count). The summed E-state index contributed by atoms with van der Waals surface area (Å²) in [6.45, 7) is 4.37. The number of carbonyl (C=O) groups is 2. The highest BCUT2D eigenvalue weighted by molar-refractivity contribution is 5.97. The first-order valence-electron chi connectivity index (χ1n) is 9.46. The molecule has 2 saturated heterocycles. The minimum absolute atomic E-state index is 0.0509. The lowest BCUT2D eigenvalue weighted by molar-refractivity contribution is -0.140. The molecule has 0 saturated carbocycles. The number of benzene rings is 1. The predicted octanol–water partition coefficient (Wildman–Crippen LogP) is 1.83. The molecule has 1 aromatic carbocycles. The maximum Gasteiger partial charge on any atom is 0.253 e. The van der Waals surface area contributed by atoms with E-state index in [1.165, 1.54) is 0 Å². The molecule has 2 fully saturated rings. The zero-order valence-corrected chi connectivity index (χ0v) is 15.4. The zero-order valence-electron chi connectivity index (χ0n) is 15.4. The van der Waals surface area contributed by atoms with E-state index in [1.54, 1.807) is 4.68 Å². The van der Waals surface area contributed by atoms with E-state index in [1.807, 2.05) is 30.1 Å². The normalized spacial score (nSPS) is 23.4. The van der Waals surface area contributed by atoms with Crippen LogP contribution in [0.15, 0.2) is 18.2 Å². The van der Waals surface area contributed by atoms with Crippen LogP contribution in [-0.2, 0) is 11.8 Å². The van der Waals surface area contributed by atoms with Gasteiger partial charge in [-0.1, -0.05) is 12.1 Å². The Hall–Kier alpha value is -2.44. The van der Waals surface area contributed by atoms with Crippen LogP contribution in [0.2, 0.25) is 0 Å². The average Bonchev–Trinajstić information content (AvgIpc) is 3.03. The standard InChI is InChI=1S/C19H25N5O2/c1-3-9-24-16-8-10-23(12-14(16)5-7-18(24)25)19(26)13-4-6-17-15(11-13)20-21-22(17)2/h4,6,11,14,16H,3,5,7-10,12H2,1-2H3/t14-,16+/m0/s1. The molecule has 0 spiro atoms. The molecule has 0 radical (unpaired) electrons. The number of nitrogens with zero attached hydrogens (tertiary/aromatic N) is 5. The van der Waals surface area contributed by atoms with Crippen molar-refractivity contribution in [1.82, 2.24) is 24.8 Å². The van der Waals surface area contributed by atoms with E-state index >= 15 is 0 Å². The molecule has 7 heteroatoms. The highest BCUT2D eigenvalue weighted by Crippen LogP contribution is 2.32. The summed E-state index contributed by atoms with van der Waals surface area (Å²) in [7, 11) is 1.84. The number of rotatable bonds is 3. The number of amides is 2. The Kier molecular flexibility index (Phi) is 4.38. The maximum absolute atomic E-state index is 13.0. The second-order valence-electron chi connectivity index (χ2n) is 7.41. The van der Waals surface area contributed by atoms with Gasteiger partial charge in [-0.15, -0.1) is 5.10 Å². The lowest BCUT2D eigenvalue weighted by atomic mass is 9.83. The molecular formula is C19H25N5O2. The third-order valence-electron chi connectivity index (χ3n) is 5.75. The Balaban J connectivity index is 1.50. The quantitative estimate of drug-likeness (QED) is 0.842. The number of aryl methyl sites for hydroxylation is 1. The lowest BCUT2D eigenvalue weighted by Crippen LogP contribution is -2.57. The molecule has 26 heavy (non-hydrogen) atoms. The molecule has 1 aromatic heterocycles. The first-order valence-corrected chi connectivity index (χ1v) is 9.46. The largest absolute Gasteiger partial charge is 0.339 e. The Morgan fingerprint density at radius 3 is 2.96 bits per heavy atom. The molecule has 138 valence electrons. The first kappa shape index (κ1) is 17.0. The summed E-state index contributed by atoms with van der Waals surface area (Å²) in [6, 6.07) is 5.87. The van der Waals surface area contributed by atoms with Gasteiger partial charge in [0.2, 0.25) is 5.91 Å². The summed E-state index contributed by atoms with van der Waals surface area (Å²) in [5.74, 6) is 0.716. The molecule has 0 aliphatic carbocycles. The third-order valence-corrected chi connectivity index (χ3v) is 5.75. The van der Waals surface area contributed by atoms with Gasteiger partial charge in [-0.3, -0.25) is 9.59 Å². The van der Waals surface area contributed by atoms with Gasteiger partial charge < -0.3 is 9.80 Å². The van der Waals surface area contributed by atoms with E-state index in [-0.39, 0.29) is 11.8 Å². The van der Waals surface area contributed by atoms with Crippen molar-refractivity contribution >= 4 is 22.8 Å². The van der Waals surface area contributed by atoms with Crippen molar-refractivity contribution in [3.63, 3.8) is 0 Å². The van der Waals surface area contributed by atoms with Crippen molar-refractivity contribution in [2.24, 2.45) is 13.0 Å². The van der Waals surface area contributed by atoms with Crippen LogP contribution in [-0.4, -0.2) is 62.3 Å². The highest BCUT2D eigenvalue weighted by atomic mass is 16.2. The van der Waals surface area contributed by atoms with Crippen molar-refractivity contribution in [3.8, 4) is 0 Å². The Morgan fingerprint density at radius 2 is 2.15 bits per heavy atom. The summed E-state index contributed by atoms with van der Waals surface area (Å²) in [5.41, 5.74) is 2.32. The van der Waals surface area contributed by atoms with Gasteiger partial charge in [-0.05, 0) is 43.4 Å². The Labute approximate surface area is 152 Å². The van der Waals surface area contributed by atoms with Crippen LogP contribution in [0.3, 0.4) is 0 Å². The molecule has 0 N–H and O–H groups in total. The number of fused-ring (bicyclic) bond motifs is 2. The average molecular weight is 355 g/mol. The summed E-state index contributed by atoms with van der Waals surface area (Å²) in [6.07, 6.45) is 3.34. The van der Waals surface area contributed by atoms with Crippen molar-refractivity contribution in [3.05, 3.63) is 23.8 Å². The van der Waals surface area contributed by atoms with Gasteiger partial charge in [0.25, 0.3) is 5.91 Å². The third kappa shape index (κ3) is 2.85. The van der Waals surface area contributed by atoms with Crippen LogP contribution in [0.5, 0.6) is 0 Å². The van der Waals surface area contributed by atoms with Crippen LogP contribution in [0.1, 0.15) is 43.0 Å². The van der Waals surface area contributed by atoms with Gasteiger partial charge in [0.15, 0.2) is 0 Å². The minimum Gasteiger partial charge on any atom is -0.339 e. The Bertz CT molecular complexity index is 846. The summed E-state index contributed by atoms with van der Waals surface area (Å²) < 4.78 is 1.70. The van der Waals surface area contributed by atoms with Gasteiger partial charge in [0.05, 0.1) is 5.52 Å². The molecule has 0 unspecified atom stereocenters. The van der Waals surface area contributed by atoms with E-state index in [4.69, 9.17) is 0 Å². The van der Waals surface area contributed by atoms with Crippen LogP contribution < -0.4 is 0 Å². The van der Waals surface area contributed by atoms with Crippen LogP contribution in [0, 0.1) is 5.92 Å². The fourth-order valence-electron chi connectivity index (χ4n) is 4.42. The molecule has 2 aliphatic rings. The van der Waals surface area contributed by atoms with Gasteiger partial charge >= 0.3 is 0 Å². The minimum atomic E-state index is 0.0509. The SMILES string of the molecule is CCCN1C(=O)CC[C@H]2CN(C(=O)c3ccc4c(c3)nnn4C)CC[C@H]21. The lowest BCUT2D eigenvalue weighted by Gasteiger charge is -2.47. The van der Waals surface area contributed by atoms with E-state index in [0.717, 1.165) is 43.4 Å². The monoisotopic (exact) mass is 355 g/mol. The predicted molar refractivity (Wildman–Crippen MR) is 97.5 cm³/mol. The van der Waals surface area contributed by atoms with Crippen molar-refractivity contribution < 1.29 is 9.59 Å². The summed E-state index contributed by atoms with van der Waals surface area (Å²) in [5, 5.41) is 8.11. The number of piperidine rings is 2. The molecule has 2 atom stereocenters. The maximum atomic E-state index is 13.0.